The van der Waals surface area contributed by atoms with Gasteiger partial charge in [0.2, 0.25) is 5.13 Å². The average molecular weight is 297 g/mol. The third-order valence-corrected chi connectivity index (χ3v) is 4.60. The molecule has 1 aromatic heterocycles. The number of nitrogens with zero attached hydrogens (tertiary/aromatic N) is 5. The molecule has 0 aliphatic carbocycles. The maximum Gasteiger partial charge on any atom is 0.349 e. The van der Waals surface area contributed by atoms with E-state index in [-0.39, 0.29) is 11.4 Å². The number of carbonyl (C=O) groups is 1. The number of carbonyl (C=O) groups excluding carboxylic acids is 1. The molecule has 110 valence electrons. The van der Waals surface area contributed by atoms with Crippen molar-refractivity contribution in [1.29, 1.82) is 5.26 Å². The van der Waals surface area contributed by atoms with Gasteiger partial charge in [-0.15, -0.1) is 10.2 Å². The fraction of sp³-hybridized carbons (Fsp3) is 0.667. The minimum absolute atomic E-state index is 0.332. The first-order valence-electron chi connectivity index (χ1n) is 6.16. The van der Waals surface area contributed by atoms with Crippen LogP contribution in [0.3, 0.4) is 0 Å². The Morgan fingerprint density at radius 3 is 2.65 bits per heavy atom. The molecule has 0 spiro atoms. The SMILES string of the molecule is CCC(C)(CC#N)c1nnc(N(C)C(=O)N(C)OC)s1. The van der Waals surface area contributed by atoms with Gasteiger partial charge >= 0.3 is 6.03 Å². The summed E-state index contributed by atoms with van der Waals surface area (Å²) >= 11 is 1.32. The van der Waals surface area contributed by atoms with Gasteiger partial charge in [0.15, 0.2) is 0 Å². The van der Waals surface area contributed by atoms with Crippen molar-refractivity contribution in [3.63, 3.8) is 0 Å². The zero-order valence-corrected chi connectivity index (χ0v) is 13.2. The molecule has 1 unspecified atom stereocenters. The van der Waals surface area contributed by atoms with E-state index < -0.39 is 0 Å². The highest BCUT2D eigenvalue weighted by atomic mass is 32.1. The van der Waals surface area contributed by atoms with Crippen molar-refractivity contribution in [2.45, 2.75) is 32.1 Å². The van der Waals surface area contributed by atoms with Gasteiger partial charge in [0, 0.05) is 25.9 Å². The first kappa shape index (κ1) is 16.3. The fourth-order valence-corrected chi connectivity index (χ4v) is 2.51. The van der Waals surface area contributed by atoms with Crippen LogP contribution in [0.4, 0.5) is 9.93 Å². The Balaban J connectivity index is 2.97. The summed E-state index contributed by atoms with van der Waals surface area (Å²) in [6.07, 6.45) is 1.15. The van der Waals surface area contributed by atoms with Crippen LogP contribution < -0.4 is 4.90 Å². The second kappa shape index (κ2) is 6.63. The minimum Gasteiger partial charge on any atom is -0.273 e. The molecule has 0 N–H and O–H groups in total. The summed E-state index contributed by atoms with van der Waals surface area (Å²) < 4.78 is 0. The molecular formula is C12H19N5O2S. The quantitative estimate of drug-likeness (QED) is 0.778. The largest absolute Gasteiger partial charge is 0.349 e. The standard InChI is InChI=1S/C12H19N5O2S/c1-6-12(2,7-8-13)9-14-15-10(20-9)16(3)11(18)17(4)19-5/h6-7H2,1-5H3. The van der Waals surface area contributed by atoms with Gasteiger partial charge in [0.05, 0.1) is 13.2 Å². The van der Waals surface area contributed by atoms with E-state index in [4.69, 9.17) is 10.1 Å². The zero-order valence-electron chi connectivity index (χ0n) is 12.4. The van der Waals surface area contributed by atoms with Crippen LogP contribution in [-0.2, 0) is 10.3 Å². The van der Waals surface area contributed by atoms with Crippen LogP contribution in [0.1, 0.15) is 31.7 Å². The lowest BCUT2D eigenvalue weighted by Crippen LogP contribution is -2.38. The van der Waals surface area contributed by atoms with E-state index >= 15 is 0 Å². The number of rotatable bonds is 5. The van der Waals surface area contributed by atoms with Crippen LogP contribution in [0, 0.1) is 11.3 Å². The van der Waals surface area contributed by atoms with Crippen LogP contribution in [0.5, 0.6) is 0 Å². The number of aromatic nitrogens is 2. The summed E-state index contributed by atoms with van der Waals surface area (Å²) in [5, 5.41) is 19.4. The van der Waals surface area contributed by atoms with E-state index in [0.29, 0.717) is 11.6 Å². The number of hydroxylamine groups is 2. The maximum absolute atomic E-state index is 11.9. The topological polar surface area (TPSA) is 82.3 Å². The van der Waals surface area contributed by atoms with E-state index in [2.05, 4.69) is 16.3 Å². The lowest BCUT2D eigenvalue weighted by molar-refractivity contribution is -0.0619. The first-order valence-corrected chi connectivity index (χ1v) is 6.97. The van der Waals surface area contributed by atoms with Crippen molar-refractivity contribution >= 4 is 22.5 Å². The Bertz CT molecular complexity index is 512. The summed E-state index contributed by atoms with van der Waals surface area (Å²) in [6, 6.07) is 1.84. The Morgan fingerprint density at radius 2 is 2.15 bits per heavy atom. The van der Waals surface area contributed by atoms with E-state index in [9.17, 15) is 4.79 Å². The van der Waals surface area contributed by atoms with Gasteiger partial charge in [-0.2, -0.15) is 5.26 Å². The highest BCUT2D eigenvalue weighted by molar-refractivity contribution is 7.15. The molecule has 20 heavy (non-hydrogen) atoms. The van der Waals surface area contributed by atoms with Crippen molar-refractivity contribution < 1.29 is 9.63 Å². The van der Waals surface area contributed by atoms with Crippen molar-refractivity contribution in [2.75, 3.05) is 26.1 Å². The first-order chi connectivity index (χ1) is 9.39. The van der Waals surface area contributed by atoms with Gasteiger partial charge in [0.1, 0.15) is 5.01 Å². The van der Waals surface area contributed by atoms with Gasteiger partial charge in [-0.25, -0.2) is 9.86 Å². The van der Waals surface area contributed by atoms with Crippen LogP contribution in [0.2, 0.25) is 0 Å². The maximum atomic E-state index is 11.9. The number of urea groups is 1. The third kappa shape index (κ3) is 3.23. The number of hydrogen-bond donors (Lipinski definition) is 0. The number of nitriles is 1. The van der Waals surface area contributed by atoms with Crippen molar-refractivity contribution in [3.05, 3.63) is 5.01 Å². The highest BCUT2D eigenvalue weighted by Gasteiger charge is 2.30. The predicted octanol–water partition coefficient (Wildman–Crippen LogP) is 2.17. The third-order valence-electron chi connectivity index (χ3n) is 3.30. The van der Waals surface area contributed by atoms with Crippen LogP contribution in [-0.4, -0.2) is 42.5 Å². The number of anilines is 1. The van der Waals surface area contributed by atoms with Crippen molar-refractivity contribution in [3.8, 4) is 6.07 Å². The Hall–Kier alpha value is -1.72. The molecule has 0 bridgehead atoms. The molecule has 0 aliphatic heterocycles. The van der Waals surface area contributed by atoms with E-state index in [1.165, 1.54) is 30.4 Å². The minimum atomic E-state index is -0.339. The molecule has 7 nitrogen and oxygen atoms in total. The average Bonchev–Trinajstić information content (AvgIpc) is 2.95. The molecule has 1 aromatic rings. The molecule has 1 rings (SSSR count). The predicted molar refractivity (Wildman–Crippen MR) is 76.4 cm³/mol. The van der Waals surface area contributed by atoms with E-state index in [1.54, 1.807) is 7.05 Å². The summed E-state index contributed by atoms with van der Waals surface area (Å²) in [5.41, 5.74) is -0.332. The summed E-state index contributed by atoms with van der Waals surface area (Å²) in [6.45, 7) is 3.98. The molecule has 0 saturated heterocycles. The van der Waals surface area contributed by atoms with Crippen LogP contribution >= 0.6 is 11.3 Å². The van der Waals surface area contributed by atoms with Crippen LogP contribution in [0.25, 0.3) is 0 Å². The molecule has 0 saturated carbocycles. The fourth-order valence-electron chi connectivity index (χ4n) is 1.49. The molecule has 0 fully saturated rings. The molecule has 1 atom stereocenters. The molecular weight excluding hydrogens is 278 g/mol. The van der Waals surface area contributed by atoms with Gasteiger partial charge in [-0.3, -0.25) is 9.74 Å². The molecule has 0 radical (unpaired) electrons. The highest BCUT2D eigenvalue weighted by Crippen LogP contribution is 2.35. The second-order valence-electron chi connectivity index (χ2n) is 4.66. The summed E-state index contributed by atoms with van der Waals surface area (Å²) in [4.78, 5) is 18.2. The van der Waals surface area contributed by atoms with Gasteiger partial charge in [-0.05, 0) is 6.42 Å². The molecule has 0 aromatic carbocycles. The monoisotopic (exact) mass is 297 g/mol. The molecule has 2 amide bonds. The van der Waals surface area contributed by atoms with Crippen molar-refractivity contribution in [1.82, 2.24) is 15.3 Å². The van der Waals surface area contributed by atoms with Gasteiger partial charge in [-0.1, -0.05) is 25.2 Å². The second-order valence-corrected chi connectivity index (χ2v) is 5.62. The summed E-state index contributed by atoms with van der Waals surface area (Å²) in [7, 11) is 4.54. The van der Waals surface area contributed by atoms with Gasteiger partial charge < -0.3 is 0 Å². The van der Waals surface area contributed by atoms with E-state index in [1.807, 2.05) is 13.8 Å². The Labute approximate surface area is 122 Å². The number of amides is 2. The Kier molecular flexibility index (Phi) is 5.42. The lowest BCUT2D eigenvalue weighted by atomic mass is 9.85. The Morgan fingerprint density at radius 1 is 1.50 bits per heavy atom. The molecule has 0 aliphatic rings. The zero-order chi connectivity index (χ0) is 15.3. The van der Waals surface area contributed by atoms with E-state index in [0.717, 1.165) is 16.5 Å². The van der Waals surface area contributed by atoms with Crippen molar-refractivity contribution in [2.24, 2.45) is 0 Å². The smallest absolute Gasteiger partial charge is 0.273 e. The van der Waals surface area contributed by atoms with Gasteiger partial charge in [0.25, 0.3) is 0 Å². The molecule has 1 heterocycles. The summed E-state index contributed by atoms with van der Waals surface area (Å²) in [5.74, 6) is 0. The molecule has 8 heteroatoms. The lowest BCUT2D eigenvalue weighted by Gasteiger charge is -2.22. The van der Waals surface area contributed by atoms with Crippen LogP contribution in [0.15, 0.2) is 0 Å². The normalized spacial score (nSPS) is 13.4. The number of hydrogen-bond acceptors (Lipinski definition) is 6.